The van der Waals surface area contributed by atoms with Crippen LogP contribution in [0.5, 0.6) is 0 Å². The summed E-state index contributed by atoms with van der Waals surface area (Å²) in [5.41, 5.74) is 6.18. The van der Waals surface area contributed by atoms with Gasteiger partial charge in [-0.15, -0.1) is 0 Å². The molecule has 24 heavy (non-hydrogen) atoms. The highest BCUT2D eigenvalue weighted by molar-refractivity contribution is 5.77. The Morgan fingerprint density at radius 1 is 0.583 bits per heavy atom. The smallest absolute Gasteiger partial charge is 0.0669 e. The highest BCUT2D eigenvalue weighted by Crippen LogP contribution is 2.33. The molecule has 0 saturated heterocycles. The summed E-state index contributed by atoms with van der Waals surface area (Å²) in [4.78, 5) is 0. The zero-order valence-electron chi connectivity index (χ0n) is 13.2. The number of nitrogens with zero attached hydrogens (tertiary/aromatic N) is 2. The van der Waals surface area contributed by atoms with Crippen molar-refractivity contribution >= 4 is 0 Å². The summed E-state index contributed by atoms with van der Waals surface area (Å²) in [5, 5.41) is 18.4. The molecule has 3 aromatic rings. The second-order valence-corrected chi connectivity index (χ2v) is 5.57. The quantitative estimate of drug-likeness (QED) is 0.669. The van der Waals surface area contributed by atoms with E-state index in [4.69, 9.17) is 0 Å². The van der Waals surface area contributed by atoms with Gasteiger partial charge in [0.2, 0.25) is 0 Å². The Bertz CT molecular complexity index is 835. The molecular formula is C22H16N2. The summed E-state index contributed by atoms with van der Waals surface area (Å²) in [6.07, 6.45) is 0.688. The third-order valence-electron chi connectivity index (χ3n) is 4.04. The average molecular weight is 308 g/mol. The highest BCUT2D eigenvalue weighted by atomic mass is 14.3. The van der Waals surface area contributed by atoms with E-state index in [1.165, 1.54) is 0 Å². The summed E-state index contributed by atoms with van der Waals surface area (Å²) in [7, 11) is 0. The minimum absolute atomic E-state index is 0.344. The zero-order valence-corrected chi connectivity index (χ0v) is 13.2. The average Bonchev–Trinajstić information content (AvgIpc) is 2.64. The van der Waals surface area contributed by atoms with Crippen LogP contribution < -0.4 is 0 Å². The predicted molar refractivity (Wildman–Crippen MR) is 95.9 cm³/mol. The van der Waals surface area contributed by atoms with Gasteiger partial charge in [-0.2, -0.15) is 10.5 Å². The maximum absolute atomic E-state index is 9.22. The first-order valence-electron chi connectivity index (χ1n) is 7.84. The molecule has 2 nitrogen and oxygen atoms in total. The maximum Gasteiger partial charge on any atom is 0.0669 e. The number of hydrogen-bond donors (Lipinski definition) is 0. The molecule has 0 N–H and O–H groups in total. The van der Waals surface area contributed by atoms with Crippen molar-refractivity contribution in [2.45, 2.75) is 12.8 Å². The molecule has 0 atom stereocenters. The van der Waals surface area contributed by atoms with Gasteiger partial charge in [-0.1, -0.05) is 60.7 Å². The minimum Gasteiger partial charge on any atom is -0.198 e. The fraction of sp³-hybridized carbons (Fsp3) is 0.0909. The lowest BCUT2D eigenvalue weighted by Crippen LogP contribution is -1.96. The van der Waals surface area contributed by atoms with Crippen LogP contribution in [0, 0.1) is 22.7 Å². The Hall–Kier alpha value is -3.36. The van der Waals surface area contributed by atoms with Crippen LogP contribution in [0.1, 0.15) is 11.1 Å². The van der Waals surface area contributed by atoms with Crippen LogP contribution in [-0.4, -0.2) is 0 Å². The Kier molecular flexibility index (Phi) is 4.70. The fourth-order valence-electron chi connectivity index (χ4n) is 2.93. The lowest BCUT2D eigenvalue weighted by Gasteiger charge is -2.15. The molecule has 0 aliphatic carbocycles. The molecular weight excluding hydrogens is 292 g/mol. The second-order valence-electron chi connectivity index (χ2n) is 5.57. The van der Waals surface area contributed by atoms with E-state index in [2.05, 4.69) is 24.3 Å². The normalized spacial score (nSPS) is 9.92. The molecule has 2 heteroatoms. The van der Waals surface area contributed by atoms with Crippen molar-refractivity contribution in [2.75, 3.05) is 0 Å². The Balaban J connectivity index is 2.23. The van der Waals surface area contributed by atoms with Crippen LogP contribution >= 0.6 is 0 Å². The van der Waals surface area contributed by atoms with Crippen LogP contribution in [0.3, 0.4) is 0 Å². The lowest BCUT2D eigenvalue weighted by atomic mass is 9.89. The summed E-state index contributed by atoms with van der Waals surface area (Å²) >= 11 is 0. The van der Waals surface area contributed by atoms with Crippen LogP contribution in [0.2, 0.25) is 0 Å². The SMILES string of the molecule is N#CCc1cc(-c2ccccc2)c(CC#N)cc1-c1ccccc1. The maximum atomic E-state index is 9.22. The van der Waals surface area contributed by atoms with Gasteiger partial charge in [0.25, 0.3) is 0 Å². The standard InChI is InChI=1S/C22H16N2/c23-13-11-19-16-22(18-9-5-2-6-10-18)20(12-14-24)15-21(19)17-7-3-1-4-8-17/h1-10,15-16H,11-12H2. The minimum atomic E-state index is 0.344. The molecule has 0 aliphatic rings. The summed E-state index contributed by atoms with van der Waals surface area (Å²) in [5.74, 6) is 0. The van der Waals surface area contributed by atoms with E-state index in [1.807, 2.05) is 60.7 Å². The first kappa shape index (κ1) is 15.5. The largest absolute Gasteiger partial charge is 0.198 e. The van der Waals surface area contributed by atoms with Gasteiger partial charge in [-0.25, -0.2) is 0 Å². The Morgan fingerprint density at radius 2 is 0.958 bits per heavy atom. The van der Waals surface area contributed by atoms with E-state index in [0.29, 0.717) is 12.8 Å². The van der Waals surface area contributed by atoms with Crippen molar-refractivity contribution in [1.29, 1.82) is 10.5 Å². The fourth-order valence-corrected chi connectivity index (χ4v) is 2.93. The van der Waals surface area contributed by atoms with E-state index in [0.717, 1.165) is 33.4 Å². The van der Waals surface area contributed by atoms with Crippen molar-refractivity contribution < 1.29 is 0 Å². The number of rotatable bonds is 4. The number of hydrogen-bond acceptors (Lipinski definition) is 2. The van der Waals surface area contributed by atoms with Gasteiger partial charge in [0.1, 0.15) is 0 Å². The van der Waals surface area contributed by atoms with Gasteiger partial charge in [-0.3, -0.25) is 0 Å². The zero-order chi connectivity index (χ0) is 16.8. The van der Waals surface area contributed by atoms with Gasteiger partial charge in [0.15, 0.2) is 0 Å². The molecule has 3 rings (SSSR count). The molecule has 0 radical (unpaired) electrons. The van der Waals surface area contributed by atoms with E-state index in [-0.39, 0.29) is 0 Å². The van der Waals surface area contributed by atoms with Crippen LogP contribution in [0.15, 0.2) is 72.8 Å². The molecule has 0 saturated carbocycles. The molecule has 114 valence electrons. The molecule has 0 aromatic heterocycles. The summed E-state index contributed by atoms with van der Waals surface area (Å²) in [6, 6.07) is 28.7. The molecule has 0 amide bonds. The Labute approximate surface area is 142 Å². The number of nitriles is 2. The molecule has 0 spiro atoms. The molecule has 0 unspecified atom stereocenters. The van der Waals surface area contributed by atoms with E-state index in [9.17, 15) is 10.5 Å². The van der Waals surface area contributed by atoms with Gasteiger partial charge < -0.3 is 0 Å². The molecule has 0 heterocycles. The monoisotopic (exact) mass is 308 g/mol. The Morgan fingerprint density at radius 3 is 1.29 bits per heavy atom. The van der Waals surface area contributed by atoms with Gasteiger partial charge in [0, 0.05) is 0 Å². The van der Waals surface area contributed by atoms with Crippen molar-refractivity contribution in [1.82, 2.24) is 0 Å². The van der Waals surface area contributed by atoms with Crippen molar-refractivity contribution in [2.24, 2.45) is 0 Å². The van der Waals surface area contributed by atoms with Crippen LogP contribution in [0.25, 0.3) is 22.3 Å². The highest BCUT2D eigenvalue weighted by Gasteiger charge is 2.12. The summed E-state index contributed by atoms with van der Waals surface area (Å²) in [6.45, 7) is 0. The summed E-state index contributed by atoms with van der Waals surface area (Å²) < 4.78 is 0. The second kappa shape index (κ2) is 7.27. The molecule has 0 fully saturated rings. The first-order valence-corrected chi connectivity index (χ1v) is 7.84. The van der Waals surface area contributed by atoms with Gasteiger partial charge in [0.05, 0.1) is 25.0 Å². The molecule has 0 aliphatic heterocycles. The van der Waals surface area contributed by atoms with Crippen LogP contribution in [0.4, 0.5) is 0 Å². The van der Waals surface area contributed by atoms with E-state index in [1.54, 1.807) is 0 Å². The topological polar surface area (TPSA) is 47.6 Å². The predicted octanol–water partition coefficient (Wildman–Crippen LogP) is 5.15. The van der Waals surface area contributed by atoms with Gasteiger partial charge in [-0.05, 0) is 45.5 Å². The first-order chi connectivity index (χ1) is 11.8. The van der Waals surface area contributed by atoms with Crippen LogP contribution in [-0.2, 0) is 12.8 Å². The van der Waals surface area contributed by atoms with E-state index < -0.39 is 0 Å². The van der Waals surface area contributed by atoms with Crippen molar-refractivity contribution in [3.8, 4) is 34.4 Å². The van der Waals surface area contributed by atoms with Crippen molar-refractivity contribution in [3.63, 3.8) is 0 Å². The molecule has 0 bridgehead atoms. The van der Waals surface area contributed by atoms with Crippen molar-refractivity contribution in [3.05, 3.63) is 83.9 Å². The third kappa shape index (κ3) is 3.19. The molecule has 3 aromatic carbocycles. The number of benzene rings is 3. The third-order valence-corrected chi connectivity index (χ3v) is 4.04. The van der Waals surface area contributed by atoms with Gasteiger partial charge >= 0.3 is 0 Å². The lowest BCUT2D eigenvalue weighted by molar-refractivity contribution is 1.22. The van der Waals surface area contributed by atoms with E-state index >= 15 is 0 Å².